The fourth-order valence-electron chi connectivity index (χ4n) is 1.38. The first kappa shape index (κ1) is 14.4. The van der Waals surface area contributed by atoms with Crippen LogP contribution in [0.2, 0.25) is 0 Å². The summed E-state index contributed by atoms with van der Waals surface area (Å²) in [6.07, 6.45) is 0. The van der Waals surface area contributed by atoms with Crippen molar-refractivity contribution >= 4 is 11.6 Å². The highest BCUT2D eigenvalue weighted by atomic mass is 19.1. The summed E-state index contributed by atoms with van der Waals surface area (Å²) < 4.78 is 18.6. The van der Waals surface area contributed by atoms with Crippen LogP contribution in [-0.2, 0) is 4.79 Å². The Hall–Kier alpha value is -1.62. The molecule has 3 N–H and O–H groups in total. The predicted molar refractivity (Wildman–Crippen MR) is 69.0 cm³/mol. The van der Waals surface area contributed by atoms with Gasteiger partial charge in [-0.1, -0.05) is 13.8 Å². The van der Waals surface area contributed by atoms with Crippen LogP contribution in [0.25, 0.3) is 0 Å². The number of hydrogen-bond acceptors (Lipinski definition) is 3. The van der Waals surface area contributed by atoms with E-state index in [2.05, 4.69) is 5.32 Å². The smallest absolute Gasteiger partial charge is 0.241 e. The Morgan fingerprint density at radius 2 is 2.17 bits per heavy atom. The van der Waals surface area contributed by atoms with E-state index in [4.69, 9.17) is 10.5 Å². The van der Waals surface area contributed by atoms with E-state index >= 15 is 0 Å². The Morgan fingerprint density at radius 3 is 2.67 bits per heavy atom. The van der Waals surface area contributed by atoms with E-state index in [9.17, 15) is 9.18 Å². The van der Waals surface area contributed by atoms with Crippen molar-refractivity contribution in [3.8, 4) is 5.75 Å². The molecule has 0 spiro atoms. The van der Waals surface area contributed by atoms with Gasteiger partial charge in [0.15, 0.2) is 11.6 Å². The second kappa shape index (κ2) is 6.35. The third kappa shape index (κ3) is 3.70. The van der Waals surface area contributed by atoms with Crippen molar-refractivity contribution in [3.63, 3.8) is 0 Å². The monoisotopic (exact) mass is 254 g/mol. The SMILES string of the molecule is CCOc1ccc(NC(=O)C(N)C(C)C)cc1F. The van der Waals surface area contributed by atoms with Gasteiger partial charge >= 0.3 is 0 Å². The number of amides is 1. The summed E-state index contributed by atoms with van der Waals surface area (Å²) in [5.74, 6) is -0.637. The number of anilines is 1. The number of rotatable bonds is 5. The molecule has 1 rings (SSSR count). The van der Waals surface area contributed by atoms with E-state index in [1.54, 1.807) is 13.0 Å². The van der Waals surface area contributed by atoms with Crippen LogP contribution in [-0.4, -0.2) is 18.6 Å². The maximum atomic E-state index is 13.5. The fraction of sp³-hybridized carbons (Fsp3) is 0.462. The first-order chi connectivity index (χ1) is 8.45. The van der Waals surface area contributed by atoms with Gasteiger partial charge in [0.2, 0.25) is 5.91 Å². The Labute approximate surface area is 106 Å². The number of nitrogens with one attached hydrogen (secondary N) is 1. The second-order valence-corrected chi connectivity index (χ2v) is 4.34. The molecule has 0 aliphatic rings. The molecule has 1 unspecified atom stereocenters. The zero-order valence-corrected chi connectivity index (χ0v) is 10.9. The number of halogens is 1. The fourth-order valence-corrected chi connectivity index (χ4v) is 1.38. The highest BCUT2D eigenvalue weighted by Crippen LogP contribution is 2.21. The van der Waals surface area contributed by atoms with Gasteiger partial charge in [0.25, 0.3) is 0 Å². The number of nitrogens with two attached hydrogens (primary N) is 1. The van der Waals surface area contributed by atoms with Gasteiger partial charge in [0.1, 0.15) is 0 Å². The van der Waals surface area contributed by atoms with Gasteiger partial charge in [0, 0.05) is 11.8 Å². The van der Waals surface area contributed by atoms with Crippen LogP contribution in [0.15, 0.2) is 18.2 Å². The molecule has 1 aromatic carbocycles. The van der Waals surface area contributed by atoms with Crippen molar-refractivity contribution < 1.29 is 13.9 Å². The molecular formula is C13H19FN2O2. The summed E-state index contributed by atoms with van der Waals surface area (Å²) in [4.78, 5) is 11.7. The van der Waals surface area contributed by atoms with Gasteiger partial charge in [0.05, 0.1) is 12.6 Å². The molecule has 0 saturated heterocycles. The lowest BCUT2D eigenvalue weighted by Gasteiger charge is -2.15. The van der Waals surface area contributed by atoms with E-state index in [-0.39, 0.29) is 17.6 Å². The lowest BCUT2D eigenvalue weighted by molar-refractivity contribution is -0.118. The summed E-state index contributed by atoms with van der Waals surface area (Å²) in [5.41, 5.74) is 6.07. The van der Waals surface area contributed by atoms with Crippen molar-refractivity contribution in [1.82, 2.24) is 0 Å². The van der Waals surface area contributed by atoms with Crippen molar-refractivity contribution in [1.29, 1.82) is 0 Å². The highest BCUT2D eigenvalue weighted by Gasteiger charge is 2.17. The molecule has 0 aromatic heterocycles. The Balaban J connectivity index is 2.74. The molecule has 0 radical (unpaired) electrons. The molecule has 0 heterocycles. The lowest BCUT2D eigenvalue weighted by Crippen LogP contribution is -2.39. The molecule has 18 heavy (non-hydrogen) atoms. The lowest BCUT2D eigenvalue weighted by atomic mass is 10.0. The van der Waals surface area contributed by atoms with E-state index in [1.807, 2.05) is 13.8 Å². The minimum absolute atomic E-state index is 0.0255. The van der Waals surface area contributed by atoms with Crippen molar-refractivity contribution in [3.05, 3.63) is 24.0 Å². The summed E-state index contributed by atoms with van der Waals surface area (Å²) in [6.45, 7) is 5.86. The van der Waals surface area contributed by atoms with Crippen LogP contribution in [0.1, 0.15) is 20.8 Å². The normalized spacial score (nSPS) is 12.3. The minimum Gasteiger partial charge on any atom is -0.491 e. The zero-order valence-electron chi connectivity index (χ0n) is 10.9. The van der Waals surface area contributed by atoms with Crippen LogP contribution < -0.4 is 15.8 Å². The maximum Gasteiger partial charge on any atom is 0.241 e. The number of hydrogen-bond donors (Lipinski definition) is 2. The van der Waals surface area contributed by atoms with Gasteiger partial charge in [-0.2, -0.15) is 0 Å². The molecule has 0 bridgehead atoms. The zero-order chi connectivity index (χ0) is 13.7. The van der Waals surface area contributed by atoms with E-state index in [0.29, 0.717) is 12.3 Å². The molecule has 4 nitrogen and oxygen atoms in total. The summed E-state index contributed by atoms with van der Waals surface area (Å²) in [5, 5.41) is 2.57. The molecular weight excluding hydrogens is 235 g/mol. The van der Waals surface area contributed by atoms with Crippen LogP contribution in [0.5, 0.6) is 5.75 Å². The van der Waals surface area contributed by atoms with Crippen LogP contribution in [0, 0.1) is 11.7 Å². The number of benzene rings is 1. The van der Waals surface area contributed by atoms with Crippen molar-refractivity contribution in [2.45, 2.75) is 26.8 Å². The predicted octanol–water partition coefficient (Wildman–Crippen LogP) is 2.15. The minimum atomic E-state index is -0.611. The third-order valence-electron chi connectivity index (χ3n) is 2.52. The first-order valence-corrected chi connectivity index (χ1v) is 5.94. The molecule has 5 heteroatoms. The van der Waals surface area contributed by atoms with Gasteiger partial charge in [-0.25, -0.2) is 4.39 Å². The molecule has 0 saturated carbocycles. The van der Waals surface area contributed by atoms with Gasteiger partial charge < -0.3 is 15.8 Å². The average Bonchev–Trinajstić information content (AvgIpc) is 2.31. The summed E-state index contributed by atoms with van der Waals surface area (Å²) in [7, 11) is 0. The van der Waals surface area contributed by atoms with Gasteiger partial charge in [-0.05, 0) is 25.0 Å². The number of ether oxygens (including phenoxy) is 1. The van der Waals surface area contributed by atoms with Crippen molar-refractivity contribution in [2.75, 3.05) is 11.9 Å². The molecule has 1 atom stereocenters. The van der Waals surface area contributed by atoms with Crippen LogP contribution in [0.3, 0.4) is 0 Å². The molecule has 100 valence electrons. The topological polar surface area (TPSA) is 64.3 Å². The molecule has 0 aliphatic heterocycles. The van der Waals surface area contributed by atoms with Crippen LogP contribution >= 0.6 is 0 Å². The largest absolute Gasteiger partial charge is 0.491 e. The quantitative estimate of drug-likeness (QED) is 0.846. The third-order valence-corrected chi connectivity index (χ3v) is 2.52. The maximum absolute atomic E-state index is 13.5. The molecule has 0 aliphatic carbocycles. The van der Waals surface area contributed by atoms with E-state index in [1.165, 1.54) is 12.1 Å². The molecule has 0 fully saturated rings. The molecule has 1 amide bonds. The van der Waals surface area contributed by atoms with Crippen LogP contribution in [0.4, 0.5) is 10.1 Å². The Kier molecular flexibility index (Phi) is 5.09. The first-order valence-electron chi connectivity index (χ1n) is 5.94. The standard InChI is InChI=1S/C13H19FN2O2/c1-4-18-11-6-5-9(7-10(11)14)16-13(17)12(15)8(2)3/h5-8,12H,4,15H2,1-3H3,(H,16,17). The number of carbonyl (C=O) groups is 1. The van der Waals surface area contributed by atoms with E-state index < -0.39 is 11.9 Å². The number of carbonyl (C=O) groups excluding carboxylic acids is 1. The molecule has 1 aromatic rings. The Morgan fingerprint density at radius 1 is 1.50 bits per heavy atom. The second-order valence-electron chi connectivity index (χ2n) is 4.34. The van der Waals surface area contributed by atoms with E-state index in [0.717, 1.165) is 0 Å². The van der Waals surface area contributed by atoms with Gasteiger partial charge in [-0.3, -0.25) is 4.79 Å². The summed E-state index contributed by atoms with van der Waals surface area (Å²) in [6, 6.07) is 3.67. The average molecular weight is 254 g/mol. The summed E-state index contributed by atoms with van der Waals surface area (Å²) >= 11 is 0. The Bertz CT molecular complexity index is 421. The van der Waals surface area contributed by atoms with Crippen molar-refractivity contribution in [2.24, 2.45) is 11.7 Å². The van der Waals surface area contributed by atoms with Gasteiger partial charge in [-0.15, -0.1) is 0 Å². The highest BCUT2D eigenvalue weighted by molar-refractivity contribution is 5.94.